The van der Waals surface area contributed by atoms with Gasteiger partial charge >= 0.3 is 0 Å². The molecule has 168 valence electrons. The predicted molar refractivity (Wildman–Crippen MR) is 127 cm³/mol. The van der Waals surface area contributed by atoms with Crippen LogP contribution in [0.1, 0.15) is 29.7 Å². The molecule has 1 aliphatic rings. The number of para-hydroxylation sites is 1. The van der Waals surface area contributed by atoms with Crippen LogP contribution in [0.5, 0.6) is 5.75 Å². The van der Waals surface area contributed by atoms with Crippen LogP contribution in [-0.4, -0.2) is 25.7 Å². The van der Waals surface area contributed by atoms with Gasteiger partial charge < -0.3 is 10.1 Å². The monoisotopic (exact) mass is 461 g/mol. The number of ether oxygens (including phenoxy) is 1. The van der Waals surface area contributed by atoms with E-state index in [2.05, 4.69) is 21.5 Å². The summed E-state index contributed by atoms with van der Waals surface area (Å²) in [5.74, 6) is 0.897. The highest BCUT2D eigenvalue weighted by atomic mass is 35.5. The van der Waals surface area contributed by atoms with E-state index in [1.54, 1.807) is 18.6 Å². The quantitative estimate of drug-likeness (QED) is 0.435. The molecule has 5 rings (SSSR count). The Bertz CT molecular complexity index is 1350. The summed E-state index contributed by atoms with van der Waals surface area (Å²) in [6, 6.07) is 9.95. The highest BCUT2D eigenvalue weighted by Crippen LogP contribution is 2.34. The van der Waals surface area contributed by atoms with Crippen molar-refractivity contribution < 1.29 is 9.53 Å². The Balaban J connectivity index is 1.44. The van der Waals surface area contributed by atoms with Gasteiger partial charge in [-0.05, 0) is 43.5 Å². The minimum atomic E-state index is 0.0817. The fourth-order valence-corrected chi connectivity index (χ4v) is 4.19. The molecule has 0 spiro atoms. The average molecular weight is 462 g/mol. The van der Waals surface area contributed by atoms with E-state index in [-0.39, 0.29) is 18.4 Å². The second kappa shape index (κ2) is 8.83. The normalized spacial score (nSPS) is 13.3. The fourth-order valence-electron chi connectivity index (χ4n) is 3.95. The number of rotatable bonds is 7. The Hall–Kier alpha value is -3.45. The number of benzene rings is 1. The minimum Gasteiger partial charge on any atom is -0.487 e. The number of nitrogens with zero attached hydrogens (tertiary/aromatic N) is 4. The molecule has 1 aliphatic carbocycles. The molecule has 33 heavy (non-hydrogen) atoms. The van der Waals surface area contributed by atoms with Gasteiger partial charge in [-0.15, -0.1) is 0 Å². The average Bonchev–Trinajstić information content (AvgIpc) is 3.57. The number of carbonyl (C=O) groups is 1. The summed E-state index contributed by atoms with van der Waals surface area (Å²) in [5.41, 5.74) is 5.38. The number of aromatic nitrogens is 4. The SMILES string of the molecule is Cc1cc(-c2ccnn2C)c2cccc(OCc3c(Cl)cncc3CNC(=O)C3CC3)c2n1. The molecule has 1 N–H and O–H groups in total. The summed E-state index contributed by atoms with van der Waals surface area (Å²) in [4.78, 5) is 21.0. The lowest BCUT2D eigenvalue weighted by atomic mass is 10.0. The van der Waals surface area contributed by atoms with Gasteiger partial charge in [0.15, 0.2) is 0 Å². The molecule has 3 heterocycles. The van der Waals surface area contributed by atoms with Crippen molar-refractivity contribution in [2.45, 2.75) is 32.9 Å². The highest BCUT2D eigenvalue weighted by molar-refractivity contribution is 6.31. The van der Waals surface area contributed by atoms with Crippen molar-refractivity contribution in [1.82, 2.24) is 25.1 Å². The third-order valence-corrected chi connectivity index (χ3v) is 6.22. The van der Waals surface area contributed by atoms with Gasteiger partial charge in [-0.2, -0.15) is 5.10 Å². The van der Waals surface area contributed by atoms with Gasteiger partial charge in [0.25, 0.3) is 0 Å². The molecule has 1 saturated carbocycles. The van der Waals surface area contributed by atoms with Crippen LogP contribution >= 0.6 is 11.6 Å². The van der Waals surface area contributed by atoms with Crippen LogP contribution in [-0.2, 0) is 25.0 Å². The third kappa shape index (κ3) is 4.41. The topological polar surface area (TPSA) is 81.9 Å². The van der Waals surface area contributed by atoms with Crippen molar-refractivity contribution >= 4 is 28.4 Å². The maximum Gasteiger partial charge on any atom is 0.223 e. The number of amides is 1. The lowest BCUT2D eigenvalue weighted by Crippen LogP contribution is -2.25. The number of carbonyl (C=O) groups excluding carboxylic acids is 1. The minimum absolute atomic E-state index is 0.0817. The molecule has 0 bridgehead atoms. The summed E-state index contributed by atoms with van der Waals surface area (Å²) in [7, 11) is 1.92. The van der Waals surface area contributed by atoms with E-state index in [9.17, 15) is 4.79 Å². The van der Waals surface area contributed by atoms with Crippen molar-refractivity contribution in [2.75, 3.05) is 0 Å². The summed E-state index contributed by atoms with van der Waals surface area (Å²) in [5, 5.41) is 8.78. The summed E-state index contributed by atoms with van der Waals surface area (Å²) < 4.78 is 8.09. The van der Waals surface area contributed by atoms with Crippen molar-refractivity contribution in [3.63, 3.8) is 0 Å². The molecule has 0 saturated heterocycles. The second-order valence-corrected chi connectivity index (χ2v) is 8.75. The Morgan fingerprint density at radius 1 is 1.27 bits per heavy atom. The lowest BCUT2D eigenvalue weighted by Gasteiger charge is -2.15. The summed E-state index contributed by atoms with van der Waals surface area (Å²) in [6.07, 6.45) is 7.03. The van der Waals surface area contributed by atoms with Gasteiger partial charge in [0.1, 0.15) is 17.9 Å². The smallest absolute Gasteiger partial charge is 0.223 e. The largest absolute Gasteiger partial charge is 0.487 e. The Morgan fingerprint density at radius 2 is 2.12 bits per heavy atom. The first-order chi connectivity index (χ1) is 16.0. The van der Waals surface area contributed by atoms with Crippen molar-refractivity contribution in [3.8, 4) is 17.0 Å². The predicted octanol–water partition coefficient (Wildman–Crippen LogP) is 4.60. The number of nitrogens with one attached hydrogen (secondary N) is 1. The van der Waals surface area contributed by atoms with Gasteiger partial charge in [-0.25, -0.2) is 4.98 Å². The van der Waals surface area contributed by atoms with Gasteiger partial charge in [-0.3, -0.25) is 14.5 Å². The van der Waals surface area contributed by atoms with Gasteiger partial charge in [0.2, 0.25) is 5.91 Å². The standard InChI is InChI=1S/C25H24ClN5O2/c1-15-10-19(22-8-9-29-31(22)2)18-4-3-5-23(24(18)30-15)33-14-20-17(11-27-13-21(20)26)12-28-25(32)16-6-7-16/h3-5,8-11,13,16H,6-7,12,14H2,1-2H3,(H,28,32). The highest BCUT2D eigenvalue weighted by Gasteiger charge is 2.29. The fraction of sp³-hybridized carbons (Fsp3) is 0.280. The van der Waals surface area contributed by atoms with Crippen molar-refractivity contribution in [3.05, 3.63) is 70.8 Å². The van der Waals surface area contributed by atoms with Crippen LogP contribution in [0.4, 0.5) is 0 Å². The van der Waals surface area contributed by atoms with Gasteiger partial charge in [-0.1, -0.05) is 23.7 Å². The molecular formula is C25H24ClN5O2. The zero-order valence-electron chi connectivity index (χ0n) is 18.5. The third-order valence-electron chi connectivity index (χ3n) is 5.89. The molecule has 7 nitrogen and oxygen atoms in total. The number of aryl methyl sites for hydroxylation is 2. The Kier molecular flexibility index (Phi) is 5.72. The van der Waals surface area contributed by atoms with Crippen LogP contribution < -0.4 is 10.1 Å². The molecular weight excluding hydrogens is 438 g/mol. The number of hydrogen-bond acceptors (Lipinski definition) is 5. The van der Waals surface area contributed by atoms with Crippen LogP contribution in [0.2, 0.25) is 5.02 Å². The molecule has 0 unspecified atom stereocenters. The zero-order valence-corrected chi connectivity index (χ0v) is 19.3. The maximum absolute atomic E-state index is 12.1. The molecule has 3 aromatic heterocycles. The van der Waals surface area contributed by atoms with E-state index < -0.39 is 0 Å². The van der Waals surface area contributed by atoms with E-state index in [1.165, 1.54) is 0 Å². The van der Waals surface area contributed by atoms with Crippen molar-refractivity contribution in [1.29, 1.82) is 0 Å². The molecule has 1 fully saturated rings. The van der Waals surface area contributed by atoms with Crippen LogP contribution in [0.25, 0.3) is 22.2 Å². The van der Waals surface area contributed by atoms with Gasteiger partial charge in [0.05, 0.1) is 10.7 Å². The first-order valence-electron chi connectivity index (χ1n) is 10.9. The number of pyridine rings is 2. The van der Waals surface area contributed by atoms with Crippen LogP contribution in [0.15, 0.2) is 48.9 Å². The molecule has 0 aliphatic heterocycles. The van der Waals surface area contributed by atoms with E-state index in [0.29, 0.717) is 17.3 Å². The molecule has 4 aromatic rings. The van der Waals surface area contributed by atoms with E-state index in [4.69, 9.17) is 21.3 Å². The first-order valence-corrected chi connectivity index (χ1v) is 11.3. The molecule has 1 aromatic carbocycles. The van der Waals surface area contributed by atoms with Crippen LogP contribution in [0, 0.1) is 12.8 Å². The second-order valence-electron chi connectivity index (χ2n) is 8.34. The lowest BCUT2D eigenvalue weighted by molar-refractivity contribution is -0.122. The Morgan fingerprint density at radius 3 is 2.88 bits per heavy atom. The van der Waals surface area contributed by atoms with E-state index >= 15 is 0 Å². The molecule has 0 radical (unpaired) electrons. The molecule has 1 amide bonds. The number of hydrogen-bond donors (Lipinski definition) is 1. The van der Waals surface area contributed by atoms with E-state index in [0.717, 1.165) is 51.8 Å². The van der Waals surface area contributed by atoms with Gasteiger partial charge in [0, 0.05) is 60.3 Å². The van der Waals surface area contributed by atoms with Crippen molar-refractivity contribution in [2.24, 2.45) is 13.0 Å². The summed E-state index contributed by atoms with van der Waals surface area (Å²) >= 11 is 6.46. The summed E-state index contributed by atoms with van der Waals surface area (Å²) in [6.45, 7) is 2.58. The molecule has 0 atom stereocenters. The first kappa shape index (κ1) is 21.4. The number of halogens is 1. The Labute approximate surface area is 196 Å². The van der Waals surface area contributed by atoms with Crippen LogP contribution in [0.3, 0.4) is 0 Å². The number of fused-ring (bicyclic) bond motifs is 1. The molecule has 8 heteroatoms. The zero-order chi connectivity index (χ0) is 22.9. The van der Waals surface area contributed by atoms with E-state index in [1.807, 2.05) is 42.9 Å². The maximum atomic E-state index is 12.1.